The van der Waals surface area contributed by atoms with E-state index in [1.807, 2.05) is 13.8 Å². The van der Waals surface area contributed by atoms with E-state index in [0.29, 0.717) is 12.5 Å². The fourth-order valence-corrected chi connectivity index (χ4v) is 2.15. The lowest BCUT2D eigenvalue weighted by molar-refractivity contribution is -0.123. The van der Waals surface area contributed by atoms with Gasteiger partial charge in [0, 0.05) is 18.8 Å². The molecule has 0 saturated carbocycles. The molecule has 1 unspecified atom stereocenters. The van der Waals surface area contributed by atoms with Gasteiger partial charge >= 0.3 is 0 Å². The summed E-state index contributed by atoms with van der Waals surface area (Å²) in [5.74, 6) is 0.102. The van der Waals surface area contributed by atoms with Crippen LogP contribution in [-0.4, -0.2) is 24.5 Å². The molecule has 1 aliphatic heterocycles. The van der Waals surface area contributed by atoms with E-state index >= 15 is 0 Å². The number of nitrogens with zero attached hydrogens (tertiary/aromatic N) is 1. The van der Waals surface area contributed by atoms with Crippen LogP contribution >= 0.6 is 0 Å². The molecule has 1 atom stereocenters. The minimum atomic E-state index is -0.584. The summed E-state index contributed by atoms with van der Waals surface area (Å²) in [6.45, 7) is 7.31. The monoisotopic (exact) mass is 250 g/mol. The van der Waals surface area contributed by atoms with Gasteiger partial charge in [-0.25, -0.2) is 4.39 Å². The molecular formula is C14H19FN2O. The Hall–Kier alpha value is -1.42. The van der Waals surface area contributed by atoms with Crippen LogP contribution in [0.3, 0.4) is 0 Å². The Kier molecular flexibility index (Phi) is 3.39. The topological polar surface area (TPSA) is 32.3 Å². The average molecular weight is 250 g/mol. The Morgan fingerprint density at radius 2 is 1.94 bits per heavy atom. The van der Waals surface area contributed by atoms with E-state index < -0.39 is 5.54 Å². The van der Waals surface area contributed by atoms with Crippen molar-refractivity contribution in [2.45, 2.75) is 26.3 Å². The second-order valence-corrected chi connectivity index (χ2v) is 5.50. The number of carbonyl (C=O) groups excluding carboxylic acids is 1. The van der Waals surface area contributed by atoms with Crippen LogP contribution in [0.15, 0.2) is 24.3 Å². The third-order valence-corrected chi connectivity index (χ3v) is 3.30. The van der Waals surface area contributed by atoms with Gasteiger partial charge in [-0.1, -0.05) is 6.92 Å². The van der Waals surface area contributed by atoms with Crippen LogP contribution in [0, 0.1) is 11.7 Å². The number of amides is 1. The Bertz CT molecular complexity index is 442. The van der Waals surface area contributed by atoms with Crippen molar-refractivity contribution in [1.29, 1.82) is 0 Å². The summed E-state index contributed by atoms with van der Waals surface area (Å²) >= 11 is 0. The SMILES string of the molecule is CC1CNC(C)(C)C(=O)N(c2ccc(F)cc2)C1. The van der Waals surface area contributed by atoms with E-state index in [2.05, 4.69) is 12.2 Å². The predicted octanol–water partition coefficient (Wildman–Crippen LogP) is 2.18. The summed E-state index contributed by atoms with van der Waals surface area (Å²) in [6.07, 6.45) is 0. The summed E-state index contributed by atoms with van der Waals surface area (Å²) < 4.78 is 12.9. The fourth-order valence-electron chi connectivity index (χ4n) is 2.15. The number of nitrogens with one attached hydrogen (secondary N) is 1. The van der Waals surface area contributed by atoms with Gasteiger partial charge in [-0.2, -0.15) is 0 Å². The molecule has 0 bridgehead atoms. The number of halogens is 1. The molecule has 1 aromatic rings. The normalized spacial score (nSPS) is 23.9. The molecule has 1 heterocycles. The molecule has 1 aliphatic rings. The summed E-state index contributed by atoms with van der Waals surface area (Å²) in [6, 6.07) is 6.08. The first-order chi connectivity index (χ1) is 8.40. The zero-order chi connectivity index (χ0) is 13.3. The third kappa shape index (κ3) is 2.53. The van der Waals surface area contributed by atoms with E-state index in [0.717, 1.165) is 12.2 Å². The highest BCUT2D eigenvalue weighted by atomic mass is 19.1. The molecule has 3 nitrogen and oxygen atoms in total. The van der Waals surface area contributed by atoms with Gasteiger partial charge in [0.15, 0.2) is 0 Å². The first kappa shape index (κ1) is 13.0. The van der Waals surface area contributed by atoms with Gasteiger partial charge in [0.2, 0.25) is 5.91 Å². The van der Waals surface area contributed by atoms with Gasteiger partial charge in [-0.05, 0) is 44.0 Å². The van der Waals surface area contributed by atoms with Crippen molar-refractivity contribution in [1.82, 2.24) is 5.32 Å². The maximum Gasteiger partial charge on any atom is 0.246 e. The molecule has 1 fully saturated rings. The first-order valence-corrected chi connectivity index (χ1v) is 6.23. The number of hydrogen-bond acceptors (Lipinski definition) is 2. The van der Waals surface area contributed by atoms with Crippen LogP contribution in [0.4, 0.5) is 10.1 Å². The van der Waals surface area contributed by atoms with Crippen LogP contribution in [0.5, 0.6) is 0 Å². The fraction of sp³-hybridized carbons (Fsp3) is 0.500. The minimum absolute atomic E-state index is 0.0264. The second-order valence-electron chi connectivity index (χ2n) is 5.50. The zero-order valence-electron chi connectivity index (χ0n) is 11.0. The first-order valence-electron chi connectivity index (χ1n) is 6.23. The molecule has 1 saturated heterocycles. The Morgan fingerprint density at radius 1 is 1.33 bits per heavy atom. The number of anilines is 1. The van der Waals surface area contributed by atoms with E-state index in [4.69, 9.17) is 0 Å². The smallest absolute Gasteiger partial charge is 0.246 e. The molecule has 1 aromatic carbocycles. The predicted molar refractivity (Wildman–Crippen MR) is 70.0 cm³/mol. The molecular weight excluding hydrogens is 231 g/mol. The summed E-state index contributed by atoms with van der Waals surface area (Å²) in [7, 11) is 0. The minimum Gasteiger partial charge on any atom is -0.311 e. The molecule has 0 aromatic heterocycles. The summed E-state index contributed by atoms with van der Waals surface area (Å²) in [5, 5.41) is 3.27. The third-order valence-electron chi connectivity index (χ3n) is 3.30. The van der Waals surface area contributed by atoms with Crippen LogP contribution in [0.2, 0.25) is 0 Å². The number of hydrogen-bond donors (Lipinski definition) is 1. The van der Waals surface area contributed by atoms with Gasteiger partial charge in [-0.15, -0.1) is 0 Å². The van der Waals surface area contributed by atoms with Crippen LogP contribution in [0.1, 0.15) is 20.8 Å². The van der Waals surface area contributed by atoms with Crippen molar-refractivity contribution in [3.63, 3.8) is 0 Å². The molecule has 1 N–H and O–H groups in total. The quantitative estimate of drug-likeness (QED) is 0.828. The van der Waals surface area contributed by atoms with E-state index in [1.54, 1.807) is 17.0 Å². The summed E-state index contributed by atoms with van der Waals surface area (Å²) in [4.78, 5) is 14.2. The van der Waals surface area contributed by atoms with Crippen molar-refractivity contribution >= 4 is 11.6 Å². The highest BCUT2D eigenvalue weighted by Crippen LogP contribution is 2.23. The maximum absolute atomic E-state index is 12.9. The molecule has 18 heavy (non-hydrogen) atoms. The average Bonchev–Trinajstić information content (AvgIpc) is 2.42. The van der Waals surface area contributed by atoms with E-state index in [9.17, 15) is 9.18 Å². The summed E-state index contributed by atoms with van der Waals surface area (Å²) in [5.41, 5.74) is 0.170. The van der Waals surface area contributed by atoms with Crippen molar-refractivity contribution in [3.05, 3.63) is 30.1 Å². The highest BCUT2D eigenvalue weighted by Gasteiger charge is 2.36. The lowest BCUT2D eigenvalue weighted by Gasteiger charge is -2.29. The lowest BCUT2D eigenvalue weighted by atomic mass is 10.0. The van der Waals surface area contributed by atoms with E-state index in [-0.39, 0.29) is 11.7 Å². The largest absolute Gasteiger partial charge is 0.311 e. The van der Waals surface area contributed by atoms with E-state index in [1.165, 1.54) is 12.1 Å². The van der Waals surface area contributed by atoms with Gasteiger partial charge in [-0.3, -0.25) is 4.79 Å². The number of rotatable bonds is 1. The van der Waals surface area contributed by atoms with Gasteiger partial charge < -0.3 is 10.2 Å². The molecule has 0 spiro atoms. The number of benzene rings is 1. The molecule has 4 heteroatoms. The number of carbonyl (C=O) groups is 1. The van der Waals surface area contributed by atoms with Gasteiger partial charge in [0.05, 0.1) is 5.54 Å². The lowest BCUT2D eigenvalue weighted by Crippen LogP contribution is -2.51. The molecule has 0 aliphatic carbocycles. The Morgan fingerprint density at radius 3 is 2.56 bits per heavy atom. The van der Waals surface area contributed by atoms with Gasteiger partial charge in [0.25, 0.3) is 0 Å². The molecule has 1 amide bonds. The van der Waals surface area contributed by atoms with Crippen molar-refractivity contribution in [2.75, 3.05) is 18.0 Å². The Labute approximate surface area is 107 Å². The van der Waals surface area contributed by atoms with Crippen molar-refractivity contribution in [3.8, 4) is 0 Å². The highest BCUT2D eigenvalue weighted by molar-refractivity contribution is 6.00. The van der Waals surface area contributed by atoms with Crippen LogP contribution in [0.25, 0.3) is 0 Å². The van der Waals surface area contributed by atoms with Crippen molar-refractivity contribution in [2.24, 2.45) is 5.92 Å². The van der Waals surface area contributed by atoms with Crippen LogP contribution < -0.4 is 10.2 Å². The standard InChI is InChI=1S/C14H19FN2O/c1-10-8-16-14(2,3)13(18)17(9-10)12-6-4-11(15)5-7-12/h4-7,10,16H,8-9H2,1-3H3. The molecule has 2 rings (SSSR count). The molecule has 98 valence electrons. The molecule has 0 radical (unpaired) electrons. The zero-order valence-corrected chi connectivity index (χ0v) is 11.0. The van der Waals surface area contributed by atoms with Crippen LogP contribution in [-0.2, 0) is 4.79 Å². The van der Waals surface area contributed by atoms with Crippen molar-refractivity contribution < 1.29 is 9.18 Å². The van der Waals surface area contributed by atoms with Gasteiger partial charge in [0.1, 0.15) is 5.82 Å². The second kappa shape index (κ2) is 4.69. The Balaban J connectivity index is 2.34. The maximum atomic E-state index is 12.9.